The lowest BCUT2D eigenvalue weighted by atomic mass is 9.61. The van der Waals surface area contributed by atoms with Crippen molar-refractivity contribution in [3.63, 3.8) is 0 Å². The molecule has 7 heteroatoms. The van der Waals surface area contributed by atoms with Crippen LogP contribution in [0.1, 0.15) is 30.5 Å². The molecule has 0 unspecified atom stereocenters. The summed E-state index contributed by atoms with van der Waals surface area (Å²) < 4.78 is 0. The van der Waals surface area contributed by atoms with E-state index in [4.69, 9.17) is 10.9 Å². The van der Waals surface area contributed by atoms with Gasteiger partial charge in [-0.3, -0.25) is 4.79 Å². The lowest BCUT2D eigenvalue weighted by Crippen LogP contribution is -2.56. The summed E-state index contributed by atoms with van der Waals surface area (Å²) in [6, 6.07) is 0. The number of rotatable bonds is 4. The minimum Gasteiger partial charge on any atom is -0.409 e. The first-order valence-electron chi connectivity index (χ1n) is 6.15. The van der Waals surface area contributed by atoms with Crippen LogP contribution in [0.15, 0.2) is 10.5 Å². The molecular weight excluding hydrogens is 264 g/mol. The Morgan fingerprint density at radius 2 is 2.42 bits per heavy atom. The maximum Gasteiger partial charge on any atom is 0.234 e. The van der Waals surface area contributed by atoms with Gasteiger partial charge in [0.2, 0.25) is 5.91 Å². The van der Waals surface area contributed by atoms with Crippen molar-refractivity contribution in [3.8, 4) is 0 Å². The van der Waals surface area contributed by atoms with E-state index >= 15 is 0 Å². The van der Waals surface area contributed by atoms with Crippen LogP contribution in [0.25, 0.3) is 0 Å². The molecule has 0 aromatic carbocycles. The molecule has 1 aromatic heterocycles. The second-order valence-corrected chi connectivity index (χ2v) is 6.09. The normalized spacial score (nSPS) is 26.8. The molecule has 1 aromatic rings. The van der Waals surface area contributed by atoms with Gasteiger partial charge in [0.1, 0.15) is 10.4 Å². The van der Waals surface area contributed by atoms with Gasteiger partial charge >= 0.3 is 0 Å². The molecule has 2 rings (SSSR count). The highest BCUT2D eigenvalue weighted by Gasteiger charge is 2.52. The third-order valence-corrected chi connectivity index (χ3v) is 4.46. The van der Waals surface area contributed by atoms with E-state index in [-0.39, 0.29) is 11.7 Å². The fourth-order valence-electron chi connectivity index (χ4n) is 2.55. The predicted octanol–water partition coefficient (Wildman–Crippen LogP) is 1.23. The number of carbonyl (C=O) groups is 1. The topological polar surface area (TPSA) is 101 Å². The molecule has 1 fully saturated rings. The number of aryl methyl sites for hydroxylation is 1. The number of amidine groups is 1. The molecule has 0 spiro atoms. The molecule has 0 radical (unpaired) electrons. The number of aromatic nitrogens is 1. The van der Waals surface area contributed by atoms with E-state index < -0.39 is 5.41 Å². The predicted molar refractivity (Wildman–Crippen MR) is 72.9 cm³/mol. The summed E-state index contributed by atoms with van der Waals surface area (Å²) in [5.41, 5.74) is 5.77. The molecule has 6 nitrogen and oxygen atoms in total. The van der Waals surface area contributed by atoms with E-state index in [2.05, 4.69) is 15.5 Å². The number of amides is 1. The molecule has 4 N–H and O–H groups in total. The summed E-state index contributed by atoms with van der Waals surface area (Å²) in [5.74, 6) is 0.223. The molecule has 1 amide bonds. The smallest absolute Gasteiger partial charge is 0.234 e. The van der Waals surface area contributed by atoms with Gasteiger partial charge in [0.05, 0.1) is 6.54 Å². The Morgan fingerprint density at radius 3 is 2.89 bits per heavy atom. The highest BCUT2D eigenvalue weighted by molar-refractivity contribution is 7.09. The van der Waals surface area contributed by atoms with Gasteiger partial charge < -0.3 is 16.3 Å². The molecule has 0 aliphatic heterocycles. The van der Waals surface area contributed by atoms with Crippen molar-refractivity contribution >= 4 is 23.1 Å². The standard InChI is InChI=1S/C12H18N4O2S/c1-7-3-12(4-7,10(13)16-18)11(17)14-5-9-15-8(2)6-19-9/h6-7,18H,3-5H2,1-2H3,(H2,13,16)(H,14,17). The maximum atomic E-state index is 12.3. The van der Waals surface area contributed by atoms with Crippen LogP contribution in [0, 0.1) is 18.3 Å². The molecule has 1 aliphatic rings. The summed E-state index contributed by atoms with van der Waals surface area (Å²) in [5, 5.41) is 17.5. The lowest BCUT2D eigenvalue weighted by Gasteiger charge is -2.43. The number of hydrogen-bond donors (Lipinski definition) is 3. The Bertz CT molecular complexity index is 506. The molecule has 19 heavy (non-hydrogen) atoms. The minimum absolute atomic E-state index is 0.00146. The van der Waals surface area contributed by atoms with Crippen LogP contribution in [0.2, 0.25) is 0 Å². The Morgan fingerprint density at radius 1 is 1.74 bits per heavy atom. The molecule has 1 aliphatic carbocycles. The van der Waals surface area contributed by atoms with Crippen LogP contribution in [0.5, 0.6) is 0 Å². The molecule has 0 bridgehead atoms. The van der Waals surface area contributed by atoms with Crippen molar-refractivity contribution in [3.05, 3.63) is 16.1 Å². The van der Waals surface area contributed by atoms with E-state index in [9.17, 15) is 4.79 Å². The summed E-state index contributed by atoms with van der Waals surface area (Å²) in [6.07, 6.45) is 1.23. The van der Waals surface area contributed by atoms with Gasteiger partial charge in [-0.05, 0) is 25.7 Å². The summed E-state index contributed by atoms with van der Waals surface area (Å²) in [7, 11) is 0. The number of carbonyl (C=O) groups excluding carboxylic acids is 1. The Kier molecular flexibility index (Phi) is 3.75. The highest BCUT2D eigenvalue weighted by Crippen LogP contribution is 2.45. The van der Waals surface area contributed by atoms with Crippen LogP contribution in [-0.2, 0) is 11.3 Å². The fourth-order valence-corrected chi connectivity index (χ4v) is 3.26. The fraction of sp³-hybridized carbons (Fsp3) is 0.583. The van der Waals surface area contributed by atoms with E-state index in [0.29, 0.717) is 25.3 Å². The second-order valence-electron chi connectivity index (χ2n) is 5.15. The quantitative estimate of drug-likeness (QED) is 0.334. The molecule has 0 atom stereocenters. The van der Waals surface area contributed by atoms with E-state index in [1.807, 2.05) is 19.2 Å². The molecule has 1 heterocycles. The number of oxime groups is 1. The zero-order valence-electron chi connectivity index (χ0n) is 11.0. The number of hydrogen-bond acceptors (Lipinski definition) is 5. The summed E-state index contributed by atoms with van der Waals surface area (Å²) >= 11 is 1.51. The van der Waals surface area contributed by atoms with Gasteiger partial charge in [-0.1, -0.05) is 12.1 Å². The SMILES string of the molecule is Cc1csc(CNC(=O)C2(C(N)=NO)CC(C)C2)n1. The maximum absolute atomic E-state index is 12.3. The van der Waals surface area contributed by atoms with E-state index in [1.54, 1.807) is 0 Å². The van der Waals surface area contributed by atoms with Gasteiger partial charge in [0.15, 0.2) is 5.84 Å². The molecule has 104 valence electrons. The average molecular weight is 282 g/mol. The number of nitrogens with two attached hydrogens (primary N) is 1. The first kappa shape index (κ1) is 13.8. The van der Waals surface area contributed by atoms with Crippen LogP contribution in [-0.4, -0.2) is 21.9 Å². The first-order valence-corrected chi connectivity index (χ1v) is 7.03. The lowest BCUT2D eigenvalue weighted by molar-refractivity contribution is -0.133. The van der Waals surface area contributed by atoms with Crippen LogP contribution < -0.4 is 11.1 Å². The van der Waals surface area contributed by atoms with Crippen molar-refractivity contribution < 1.29 is 10.0 Å². The molecule has 0 saturated heterocycles. The van der Waals surface area contributed by atoms with E-state index in [1.165, 1.54) is 11.3 Å². The van der Waals surface area contributed by atoms with Gasteiger partial charge in [-0.15, -0.1) is 11.3 Å². The van der Waals surface area contributed by atoms with Crippen LogP contribution in [0.4, 0.5) is 0 Å². The number of nitrogens with one attached hydrogen (secondary N) is 1. The monoisotopic (exact) mass is 282 g/mol. The van der Waals surface area contributed by atoms with Crippen molar-refractivity contribution in [1.29, 1.82) is 0 Å². The van der Waals surface area contributed by atoms with Crippen LogP contribution in [0.3, 0.4) is 0 Å². The average Bonchev–Trinajstić information content (AvgIpc) is 2.76. The van der Waals surface area contributed by atoms with Crippen molar-refractivity contribution in [2.24, 2.45) is 22.2 Å². The summed E-state index contributed by atoms with van der Waals surface area (Å²) in [4.78, 5) is 16.5. The highest BCUT2D eigenvalue weighted by atomic mass is 32.1. The van der Waals surface area contributed by atoms with Crippen LogP contribution >= 0.6 is 11.3 Å². The zero-order chi connectivity index (χ0) is 14.0. The van der Waals surface area contributed by atoms with Crippen molar-refractivity contribution in [2.75, 3.05) is 0 Å². The van der Waals surface area contributed by atoms with E-state index in [0.717, 1.165) is 10.7 Å². The van der Waals surface area contributed by atoms with Crippen molar-refractivity contribution in [1.82, 2.24) is 10.3 Å². The molecular formula is C12H18N4O2S. The summed E-state index contributed by atoms with van der Waals surface area (Å²) in [6.45, 7) is 4.33. The largest absolute Gasteiger partial charge is 0.409 e. The van der Waals surface area contributed by atoms with Gasteiger partial charge in [-0.25, -0.2) is 4.98 Å². The van der Waals surface area contributed by atoms with Gasteiger partial charge in [0.25, 0.3) is 0 Å². The van der Waals surface area contributed by atoms with Gasteiger partial charge in [0, 0.05) is 11.1 Å². The third-order valence-electron chi connectivity index (χ3n) is 3.49. The number of thiazole rings is 1. The Labute approximate surface area is 115 Å². The number of nitrogens with zero attached hydrogens (tertiary/aromatic N) is 2. The Balaban J connectivity index is 2.01. The first-order chi connectivity index (χ1) is 8.98. The minimum atomic E-state index is -0.847. The zero-order valence-corrected chi connectivity index (χ0v) is 11.8. The Hall–Kier alpha value is -1.63. The third kappa shape index (κ3) is 2.56. The second kappa shape index (κ2) is 5.16. The van der Waals surface area contributed by atoms with Crippen molar-refractivity contribution in [2.45, 2.75) is 33.2 Å². The molecule has 1 saturated carbocycles. The van der Waals surface area contributed by atoms with Gasteiger partial charge in [-0.2, -0.15) is 0 Å².